The van der Waals surface area contributed by atoms with Crippen LogP contribution in [-0.2, 0) is 21.3 Å². The van der Waals surface area contributed by atoms with Gasteiger partial charge >= 0.3 is 0 Å². The third kappa shape index (κ3) is 3.04. The van der Waals surface area contributed by atoms with E-state index in [-0.39, 0.29) is 16.6 Å². The molecule has 0 saturated carbocycles. The molecule has 2 fully saturated rings. The summed E-state index contributed by atoms with van der Waals surface area (Å²) in [4.78, 5) is 12.1. The summed E-state index contributed by atoms with van der Waals surface area (Å²) in [5.74, 6) is 0. The molecule has 3 heterocycles. The number of nitrogens with zero attached hydrogens (tertiary/aromatic N) is 2. The van der Waals surface area contributed by atoms with Crippen LogP contribution in [0.15, 0.2) is 28.0 Å². The molecule has 0 amide bonds. The van der Waals surface area contributed by atoms with Crippen molar-refractivity contribution in [2.45, 2.75) is 43.2 Å². The molecule has 2 aliphatic rings. The molecule has 1 aromatic heterocycles. The van der Waals surface area contributed by atoms with Crippen LogP contribution in [-0.4, -0.2) is 43.1 Å². The lowest BCUT2D eigenvalue weighted by atomic mass is 10.2. The van der Waals surface area contributed by atoms with Gasteiger partial charge in [0.05, 0.1) is 17.5 Å². The fourth-order valence-electron chi connectivity index (χ4n) is 2.89. The van der Waals surface area contributed by atoms with Gasteiger partial charge < -0.3 is 9.30 Å². The van der Waals surface area contributed by atoms with Gasteiger partial charge in [-0.05, 0) is 31.7 Å². The lowest BCUT2D eigenvalue weighted by Gasteiger charge is -2.17. The number of hydrogen-bond acceptors (Lipinski definition) is 4. The smallest absolute Gasteiger partial charge is 0.250 e. The SMILES string of the molecule is O=c1ccc(S(=O)(=O)N2CCCC2)cn1CC1CCCO1. The Balaban J connectivity index is 1.87. The van der Waals surface area contributed by atoms with Crippen LogP contribution in [0.5, 0.6) is 0 Å². The Hall–Kier alpha value is -1.18. The van der Waals surface area contributed by atoms with Crippen LogP contribution in [0, 0.1) is 0 Å². The van der Waals surface area contributed by atoms with Crippen LogP contribution in [0.3, 0.4) is 0 Å². The van der Waals surface area contributed by atoms with E-state index in [1.807, 2.05) is 0 Å². The van der Waals surface area contributed by atoms with E-state index in [1.165, 1.54) is 27.2 Å². The standard InChI is InChI=1S/C14H20N2O4S/c17-14-6-5-13(21(18,19)16-7-1-2-8-16)11-15(14)10-12-4-3-9-20-12/h5-6,11-12H,1-4,7-10H2. The molecule has 0 aromatic carbocycles. The molecule has 0 aliphatic carbocycles. The minimum Gasteiger partial charge on any atom is -0.376 e. The average molecular weight is 312 g/mol. The number of rotatable bonds is 4. The highest BCUT2D eigenvalue weighted by Gasteiger charge is 2.28. The van der Waals surface area contributed by atoms with Crippen molar-refractivity contribution in [3.8, 4) is 0 Å². The van der Waals surface area contributed by atoms with Crippen molar-refractivity contribution in [2.24, 2.45) is 0 Å². The van der Waals surface area contributed by atoms with Gasteiger partial charge in [0.1, 0.15) is 0 Å². The summed E-state index contributed by atoms with van der Waals surface area (Å²) in [5, 5.41) is 0. The van der Waals surface area contributed by atoms with Gasteiger partial charge in [-0.1, -0.05) is 0 Å². The van der Waals surface area contributed by atoms with Crippen molar-refractivity contribution in [3.05, 3.63) is 28.7 Å². The first-order valence-electron chi connectivity index (χ1n) is 7.39. The minimum atomic E-state index is -3.48. The third-order valence-electron chi connectivity index (χ3n) is 4.08. The lowest BCUT2D eigenvalue weighted by molar-refractivity contribution is 0.0960. The Morgan fingerprint density at radius 1 is 1.19 bits per heavy atom. The van der Waals surface area contributed by atoms with Crippen LogP contribution < -0.4 is 5.56 Å². The number of pyridine rings is 1. The normalized spacial score (nSPS) is 23.7. The number of ether oxygens (including phenoxy) is 1. The van der Waals surface area contributed by atoms with E-state index in [2.05, 4.69) is 0 Å². The molecule has 3 rings (SSSR count). The fourth-order valence-corrected chi connectivity index (χ4v) is 4.43. The summed E-state index contributed by atoms with van der Waals surface area (Å²) in [6.07, 6.45) is 5.16. The first-order valence-corrected chi connectivity index (χ1v) is 8.83. The highest BCUT2D eigenvalue weighted by atomic mass is 32.2. The van der Waals surface area contributed by atoms with Crippen LogP contribution in [0.2, 0.25) is 0 Å². The summed E-state index contributed by atoms with van der Waals surface area (Å²) >= 11 is 0. The topological polar surface area (TPSA) is 68.6 Å². The Morgan fingerprint density at radius 2 is 1.95 bits per heavy atom. The Kier molecular flexibility index (Phi) is 4.14. The average Bonchev–Trinajstić information content (AvgIpc) is 3.13. The number of hydrogen-bond donors (Lipinski definition) is 0. The molecule has 116 valence electrons. The number of sulfonamides is 1. The second-order valence-corrected chi connectivity index (χ2v) is 7.54. The summed E-state index contributed by atoms with van der Waals surface area (Å²) in [6.45, 7) is 2.26. The maximum Gasteiger partial charge on any atom is 0.250 e. The molecule has 6 nitrogen and oxygen atoms in total. The largest absolute Gasteiger partial charge is 0.376 e. The van der Waals surface area contributed by atoms with Gasteiger partial charge in [0, 0.05) is 32.0 Å². The fraction of sp³-hybridized carbons (Fsp3) is 0.643. The second-order valence-electron chi connectivity index (χ2n) is 5.60. The van der Waals surface area contributed by atoms with Crippen molar-refractivity contribution in [2.75, 3.05) is 19.7 Å². The third-order valence-corrected chi connectivity index (χ3v) is 5.97. The maximum absolute atomic E-state index is 12.5. The van der Waals surface area contributed by atoms with Crippen molar-refractivity contribution in [1.82, 2.24) is 8.87 Å². The second kappa shape index (κ2) is 5.90. The zero-order valence-electron chi connectivity index (χ0n) is 11.9. The highest BCUT2D eigenvalue weighted by molar-refractivity contribution is 7.89. The molecule has 0 radical (unpaired) electrons. The Morgan fingerprint density at radius 3 is 2.62 bits per heavy atom. The van der Waals surface area contributed by atoms with Crippen molar-refractivity contribution in [1.29, 1.82) is 0 Å². The van der Waals surface area contributed by atoms with E-state index in [0.717, 1.165) is 25.7 Å². The van der Waals surface area contributed by atoms with E-state index in [0.29, 0.717) is 26.2 Å². The first kappa shape index (κ1) is 14.7. The van der Waals surface area contributed by atoms with Crippen LogP contribution in [0.25, 0.3) is 0 Å². The highest BCUT2D eigenvalue weighted by Crippen LogP contribution is 2.20. The molecule has 1 unspecified atom stereocenters. The van der Waals surface area contributed by atoms with E-state index in [9.17, 15) is 13.2 Å². The van der Waals surface area contributed by atoms with Gasteiger partial charge in [-0.25, -0.2) is 8.42 Å². The quantitative estimate of drug-likeness (QED) is 0.825. The molecule has 2 saturated heterocycles. The molecule has 1 atom stereocenters. The molecule has 21 heavy (non-hydrogen) atoms. The molecular formula is C14H20N2O4S. The first-order chi connectivity index (χ1) is 10.1. The molecule has 1 aromatic rings. The van der Waals surface area contributed by atoms with E-state index in [4.69, 9.17) is 4.74 Å². The Labute approximate surface area is 124 Å². The molecule has 2 aliphatic heterocycles. The van der Waals surface area contributed by atoms with E-state index in [1.54, 1.807) is 0 Å². The van der Waals surface area contributed by atoms with Gasteiger partial charge in [0.25, 0.3) is 5.56 Å². The van der Waals surface area contributed by atoms with Crippen molar-refractivity contribution < 1.29 is 13.2 Å². The zero-order valence-corrected chi connectivity index (χ0v) is 12.7. The molecule has 0 bridgehead atoms. The molecule has 0 N–H and O–H groups in total. The minimum absolute atomic E-state index is 0.00689. The van der Waals surface area contributed by atoms with E-state index < -0.39 is 10.0 Å². The van der Waals surface area contributed by atoms with Gasteiger partial charge in [-0.15, -0.1) is 0 Å². The van der Waals surface area contributed by atoms with Gasteiger partial charge in [0.15, 0.2) is 0 Å². The molecular weight excluding hydrogens is 292 g/mol. The molecule has 7 heteroatoms. The predicted octanol–water partition coefficient (Wildman–Crippen LogP) is 0.812. The van der Waals surface area contributed by atoms with Crippen molar-refractivity contribution in [3.63, 3.8) is 0 Å². The summed E-state index contributed by atoms with van der Waals surface area (Å²) in [7, 11) is -3.48. The number of aromatic nitrogens is 1. The zero-order chi connectivity index (χ0) is 14.9. The summed E-state index contributed by atoms with van der Waals surface area (Å²) in [6, 6.07) is 2.74. The van der Waals surface area contributed by atoms with Gasteiger partial charge in [0.2, 0.25) is 10.0 Å². The van der Waals surface area contributed by atoms with Crippen LogP contribution in [0.1, 0.15) is 25.7 Å². The summed E-state index contributed by atoms with van der Waals surface area (Å²) in [5.41, 5.74) is -0.189. The van der Waals surface area contributed by atoms with Crippen LogP contribution >= 0.6 is 0 Å². The lowest BCUT2D eigenvalue weighted by Crippen LogP contribution is -2.31. The van der Waals surface area contributed by atoms with Crippen LogP contribution in [0.4, 0.5) is 0 Å². The van der Waals surface area contributed by atoms with Gasteiger partial charge in [-0.3, -0.25) is 4.79 Å². The summed E-state index contributed by atoms with van der Waals surface area (Å²) < 4.78 is 33.5. The maximum atomic E-state index is 12.5. The monoisotopic (exact) mass is 312 g/mol. The van der Waals surface area contributed by atoms with Crippen molar-refractivity contribution >= 4 is 10.0 Å². The molecule has 0 spiro atoms. The predicted molar refractivity (Wildman–Crippen MR) is 77.7 cm³/mol. The van der Waals surface area contributed by atoms with Gasteiger partial charge in [-0.2, -0.15) is 4.31 Å². The Bertz CT molecular complexity index is 656. The van der Waals surface area contributed by atoms with E-state index >= 15 is 0 Å².